The highest BCUT2D eigenvalue weighted by atomic mass is 15.0. The fraction of sp³-hybridized carbons (Fsp3) is 0.0345. The van der Waals surface area contributed by atoms with Crippen LogP contribution in [0, 0.1) is 0 Å². The van der Waals surface area contributed by atoms with Crippen molar-refractivity contribution in [2.75, 3.05) is 5.73 Å². The molecular formula is C29H25N5. The Hall–Kier alpha value is -4.48. The number of rotatable bonds is 6. The minimum absolute atomic E-state index is 0.370. The molecule has 5 aromatic rings. The van der Waals surface area contributed by atoms with Gasteiger partial charge in [-0.3, -0.25) is 0 Å². The highest BCUT2D eigenvalue weighted by molar-refractivity contribution is 5.88. The van der Waals surface area contributed by atoms with Crippen molar-refractivity contribution in [3.63, 3.8) is 0 Å². The molecule has 0 amide bonds. The third-order valence-electron chi connectivity index (χ3n) is 5.83. The molecule has 34 heavy (non-hydrogen) atoms. The summed E-state index contributed by atoms with van der Waals surface area (Å²) in [5.74, 6) is 0.659. The van der Waals surface area contributed by atoms with E-state index in [4.69, 9.17) is 11.5 Å². The zero-order valence-corrected chi connectivity index (χ0v) is 18.7. The molecule has 5 nitrogen and oxygen atoms in total. The third kappa shape index (κ3) is 4.12. The van der Waals surface area contributed by atoms with Crippen molar-refractivity contribution in [1.82, 2.24) is 14.5 Å². The predicted molar refractivity (Wildman–Crippen MR) is 140 cm³/mol. The number of nitrogens with two attached hydrogens (primary N) is 2. The molecular weight excluding hydrogens is 418 g/mol. The molecule has 166 valence electrons. The maximum Gasteiger partial charge on any atom is 0.161 e. The van der Waals surface area contributed by atoms with E-state index >= 15 is 0 Å². The molecule has 0 aliphatic heterocycles. The van der Waals surface area contributed by atoms with Crippen molar-refractivity contribution >= 4 is 17.8 Å². The average Bonchev–Trinajstić information content (AvgIpc) is 3.27. The van der Waals surface area contributed by atoms with Gasteiger partial charge in [-0.05, 0) is 35.4 Å². The number of hydrogen-bond acceptors (Lipinski definition) is 4. The van der Waals surface area contributed by atoms with E-state index in [9.17, 15) is 0 Å². The fourth-order valence-electron chi connectivity index (χ4n) is 4.19. The second-order valence-corrected chi connectivity index (χ2v) is 7.89. The summed E-state index contributed by atoms with van der Waals surface area (Å²) >= 11 is 0. The SMILES string of the molecule is NCc1c(C=Cc2ccccc2-c2ccccc2N)c(-c2ncccn2)cn1-c1ccccc1. The highest BCUT2D eigenvalue weighted by Crippen LogP contribution is 2.33. The molecule has 4 N–H and O–H groups in total. The van der Waals surface area contributed by atoms with E-state index in [0.717, 1.165) is 44.9 Å². The van der Waals surface area contributed by atoms with Crippen molar-refractivity contribution in [2.45, 2.75) is 6.54 Å². The lowest BCUT2D eigenvalue weighted by Gasteiger charge is -2.10. The first-order valence-corrected chi connectivity index (χ1v) is 11.2. The molecule has 0 fully saturated rings. The van der Waals surface area contributed by atoms with Gasteiger partial charge < -0.3 is 16.0 Å². The summed E-state index contributed by atoms with van der Waals surface area (Å²) in [7, 11) is 0. The van der Waals surface area contributed by atoms with Gasteiger partial charge in [-0.15, -0.1) is 0 Å². The molecule has 0 aliphatic carbocycles. The van der Waals surface area contributed by atoms with Gasteiger partial charge in [0.15, 0.2) is 5.82 Å². The quantitative estimate of drug-likeness (QED) is 0.324. The summed E-state index contributed by atoms with van der Waals surface area (Å²) in [6.45, 7) is 0.370. The average molecular weight is 444 g/mol. The smallest absolute Gasteiger partial charge is 0.161 e. The standard InChI is InChI=1S/C29H25N5/c30-19-28-25(16-15-21-9-4-5-12-23(21)24-13-6-7-14-27(24)31)26(29-32-17-8-18-33-29)20-34(28)22-10-2-1-3-11-22/h1-18,20H,19,30-31H2. The number of nitrogens with zero attached hydrogens (tertiary/aromatic N) is 3. The zero-order chi connectivity index (χ0) is 23.3. The van der Waals surface area contributed by atoms with Crippen LogP contribution in [-0.4, -0.2) is 14.5 Å². The molecule has 2 heterocycles. The largest absolute Gasteiger partial charge is 0.398 e. The molecule has 0 bridgehead atoms. The highest BCUT2D eigenvalue weighted by Gasteiger charge is 2.17. The molecule has 0 aliphatic rings. The lowest BCUT2D eigenvalue weighted by Crippen LogP contribution is -2.06. The number of aromatic nitrogens is 3. The third-order valence-corrected chi connectivity index (χ3v) is 5.83. The van der Waals surface area contributed by atoms with Gasteiger partial charge in [-0.25, -0.2) is 9.97 Å². The molecule has 0 radical (unpaired) electrons. The molecule has 3 aromatic carbocycles. The maximum atomic E-state index is 6.28. The second-order valence-electron chi connectivity index (χ2n) is 7.89. The molecule has 0 spiro atoms. The lowest BCUT2D eigenvalue weighted by molar-refractivity contribution is 0.909. The van der Waals surface area contributed by atoms with Crippen LogP contribution in [0.1, 0.15) is 16.8 Å². The van der Waals surface area contributed by atoms with E-state index < -0.39 is 0 Å². The molecule has 5 heteroatoms. The Morgan fingerprint density at radius 2 is 1.38 bits per heavy atom. The zero-order valence-electron chi connectivity index (χ0n) is 18.7. The lowest BCUT2D eigenvalue weighted by atomic mass is 9.97. The van der Waals surface area contributed by atoms with Gasteiger partial charge in [0.2, 0.25) is 0 Å². The minimum Gasteiger partial charge on any atom is -0.398 e. The number of hydrogen-bond donors (Lipinski definition) is 2. The molecule has 0 unspecified atom stereocenters. The number of nitrogen functional groups attached to an aromatic ring is 1. The van der Waals surface area contributed by atoms with Gasteiger partial charge in [0.05, 0.1) is 0 Å². The van der Waals surface area contributed by atoms with Crippen LogP contribution in [0.15, 0.2) is 104 Å². The summed E-state index contributed by atoms with van der Waals surface area (Å²) in [5, 5.41) is 0. The summed E-state index contributed by atoms with van der Waals surface area (Å²) < 4.78 is 2.12. The second kappa shape index (κ2) is 9.57. The van der Waals surface area contributed by atoms with Crippen LogP contribution in [0.5, 0.6) is 0 Å². The van der Waals surface area contributed by atoms with Gasteiger partial charge in [-0.1, -0.05) is 72.8 Å². The predicted octanol–water partition coefficient (Wildman–Crippen LogP) is 5.81. The van der Waals surface area contributed by atoms with Crippen LogP contribution in [0.2, 0.25) is 0 Å². The van der Waals surface area contributed by atoms with E-state index in [1.807, 2.05) is 60.7 Å². The van der Waals surface area contributed by atoms with E-state index in [0.29, 0.717) is 12.4 Å². The first kappa shape index (κ1) is 21.4. The first-order valence-electron chi connectivity index (χ1n) is 11.2. The van der Waals surface area contributed by atoms with E-state index in [-0.39, 0.29) is 0 Å². The maximum absolute atomic E-state index is 6.28. The first-order chi connectivity index (χ1) is 16.8. The van der Waals surface area contributed by atoms with Crippen LogP contribution in [0.4, 0.5) is 5.69 Å². The van der Waals surface area contributed by atoms with Gasteiger partial charge in [-0.2, -0.15) is 0 Å². The van der Waals surface area contributed by atoms with E-state index in [1.165, 1.54) is 0 Å². The van der Waals surface area contributed by atoms with Crippen LogP contribution in [-0.2, 0) is 6.54 Å². The van der Waals surface area contributed by atoms with Crippen molar-refractivity contribution in [1.29, 1.82) is 0 Å². The molecule has 0 saturated heterocycles. The van der Waals surface area contributed by atoms with Crippen molar-refractivity contribution in [2.24, 2.45) is 5.73 Å². The van der Waals surface area contributed by atoms with Gasteiger partial charge in [0.25, 0.3) is 0 Å². The number of anilines is 1. The van der Waals surface area contributed by atoms with Gasteiger partial charge >= 0.3 is 0 Å². The normalized spacial score (nSPS) is 11.2. The monoisotopic (exact) mass is 443 g/mol. The van der Waals surface area contributed by atoms with Crippen LogP contribution in [0.3, 0.4) is 0 Å². The van der Waals surface area contributed by atoms with Crippen molar-refractivity contribution in [3.05, 3.63) is 120 Å². The summed E-state index contributed by atoms with van der Waals surface area (Å²) in [6.07, 6.45) is 9.79. The molecule has 0 saturated carbocycles. The minimum atomic E-state index is 0.370. The Morgan fingerprint density at radius 1 is 0.706 bits per heavy atom. The Morgan fingerprint density at radius 3 is 2.12 bits per heavy atom. The number of para-hydroxylation sites is 2. The van der Waals surface area contributed by atoms with Crippen LogP contribution >= 0.6 is 0 Å². The summed E-state index contributed by atoms with van der Waals surface area (Å²) in [5.41, 5.74) is 20.4. The van der Waals surface area contributed by atoms with Crippen LogP contribution < -0.4 is 11.5 Å². The van der Waals surface area contributed by atoms with Crippen molar-refractivity contribution in [3.8, 4) is 28.2 Å². The van der Waals surface area contributed by atoms with Crippen molar-refractivity contribution < 1.29 is 0 Å². The van der Waals surface area contributed by atoms with Gasteiger partial charge in [0, 0.05) is 58.9 Å². The summed E-state index contributed by atoms with van der Waals surface area (Å²) in [4.78, 5) is 9.02. The fourth-order valence-corrected chi connectivity index (χ4v) is 4.19. The van der Waals surface area contributed by atoms with Gasteiger partial charge in [0.1, 0.15) is 0 Å². The molecule has 5 rings (SSSR count). The Bertz CT molecular complexity index is 1440. The number of benzene rings is 3. The topological polar surface area (TPSA) is 82.8 Å². The molecule has 0 atom stereocenters. The molecule has 2 aromatic heterocycles. The Labute approximate surface area is 199 Å². The van der Waals surface area contributed by atoms with E-state index in [1.54, 1.807) is 12.4 Å². The Kier molecular flexibility index (Phi) is 6.01. The Balaban J connectivity index is 1.67. The van der Waals surface area contributed by atoms with Crippen LogP contribution in [0.25, 0.3) is 40.4 Å². The van der Waals surface area contributed by atoms with E-state index in [2.05, 4.69) is 57.1 Å². The summed E-state index contributed by atoms with van der Waals surface area (Å²) in [6, 6.07) is 28.1.